The molecule has 0 bridgehead atoms. The van der Waals surface area contributed by atoms with E-state index in [2.05, 4.69) is 34.5 Å². The first kappa shape index (κ1) is 42.0. The number of aliphatic hydroxyl groups is 1. The van der Waals surface area contributed by atoms with Crippen molar-refractivity contribution in [3.8, 4) is 0 Å². The molecule has 2 aliphatic heterocycles. The van der Waals surface area contributed by atoms with Gasteiger partial charge in [0.1, 0.15) is 54.3 Å². The maximum Gasteiger partial charge on any atom is 0.472 e. The molecule has 3 aromatic rings. The molecule has 0 radical (unpaired) electrons. The number of phosphoric ester groups is 2. The van der Waals surface area contributed by atoms with Crippen LogP contribution in [-0.2, 0) is 46.4 Å². The summed E-state index contributed by atoms with van der Waals surface area (Å²) in [7, 11) is -9.00. The van der Waals surface area contributed by atoms with Crippen LogP contribution in [0.25, 0.3) is 11.2 Å². The Morgan fingerprint density at radius 1 is 1.07 bits per heavy atom. The second kappa shape index (κ2) is 17.7. The highest BCUT2D eigenvalue weighted by Crippen LogP contribution is 2.50. The SMILES string of the molecule is COC(=O)NCCCC[C@H](N)C(=O)O[C@H]1[C@@H](O)[C@H](n2cnc3c(N)ncnc32)O[C@@H]1COP(=O)(O)O[C@H]1C[C@H](n2ccc(N)nc2=O)O[C@@H]1COP(=O)(O)O. The zero-order valence-corrected chi connectivity index (χ0v) is 30.7. The number of esters is 1. The second-order valence-corrected chi connectivity index (χ2v) is 14.8. The summed E-state index contributed by atoms with van der Waals surface area (Å²) in [5.41, 5.74) is 16.9. The Balaban J connectivity index is 1.30. The number of methoxy groups -OCH3 is 1. The van der Waals surface area contributed by atoms with Crippen molar-refractivity contribution in [3.05, 3.63) is 35.4 Å². The number of anilines is 2. The summed E-state index contributed by atoms with van der Waals surface area (Å²) < 4.78 is 63.8. The third-order valence-electron chi connectivity index (χ3n) is 8.34. The minimum atomic E-state index is -5.16. The molecule has 11 N–H and O–H groups in total. The van der Waals surface area contributed by atoms with E-state index in [4.69, 9.17) is 40.5 Å². The number of hydrogen-bond acceptors (Lipinski definition) is 20. The van der Waals surface area contributed by atoms with Gasteiger partial charge in [-0.25, -0.2) is 33.7 Å². The number of aliphatic hydroxyl groups excluding tert-OH is 1. The zero-order chi connectivity index (χ0) is 40.1. The number of fused-ring (bicyclic) bond motifs is 1. The average molecular weight is 823 g/mol. The standard InChI is InChI=1S/C27H40N10O16P2/c1-47-27(41)31-6-3-2-4-13(28)25(39)52-21-16(51-24(20(21)38)37-12-34-19-22(30)32-11-33-23(19)37)10-49-55(45,46)53-14-8-18(36-7-5-17(29)35-26(36)40)50-15(14)9-48-54(42,43)44/h5,7,11-16,18,20-21,24,38H,2-4,6,8-10,28H2,1H3,(H,31,41)(H,45,46)(H2,29,35,40)(H2,30,32,33)(H2,42,43,44)/t13-,14-,15+,16+,18+,20+,21+,24+/m0/s1. The molecule has 1 unspecified atom stereocenters. The van der Waals surface area contributed by atoms with Gasteiger partial charge in [-0.3, -0.25) is 27.5 Å². The molecule has 3 aromatic heterocycles. The number of phosphoric acid groups is 2. The van der Waals surface area contributed by atoms with Crippen molar-refractivity contribution < 1.29 is 71.0 Å². The van der Waals surface area contributed by atoms with E-state index in [0.29, 0.717) is 12.8 Å². The highest BCUT2D eigenvalue weighted by Gasteiger charge is 2.50. The predicted octanol–water partition coefficient (Wildman–Crippen LogP) is -1.83. The number of carbonyl (C=O) groups is 2. The maximum absolute atomic E-state index is 13.3. The molecule has 26 nitrogen and oxygen atoms in total. The summed E-state index contributed by atoms with van der Waals surface area (Å²) in [6, 6.07) is 0.0883. The smallest absolute Gasteiger partial charge is 0.455 e. The summed E-state index contributed by atoms with van der Waals surface area (Å²) in [5.74, 6) is -1.04. The summed E-state index contributed by atoms with van der Waals surface area (Å²) in [4.78, 5) is 81.7. The van der Waals surface area contributed by atoms with E-state index in [1.807, 2.05) is 0 Å². The van der Waals surface area contributed by atoms with Gasteiger partial charge in [0, 0.05) is 19.2 Å². The number of amides is 1. The fraction of sp³-hybridized carbons (Fsp3) is 0.593. The molecule has 1 amide bonds. The summed E-state index contributed by atoms with van der Waals surface area (Å²) in [5, 5.41) is 13.9. The number of carbonyl (C=O) groups excluding carboxylic acids is 2. The lowest BCUT2D eigenvalue weighted by Gasteiger charge is -2.24. The van der Waals surface area contributed by atoms with E-state index in [1.54, 1.807) is 0 Å². The van der Waals surface area contributed by atoms with Crippen LogP contribution in [0.5, 0.6) is 0 Å². The number of unbranched alkanes of at least 4 members (excludes halogenated alkanes) is 1. The largest absolute Gasteiger partial charge is 0.472 e. The molecular formula is C27H40N10O16P2. The number of aromatic nitrogens is 6. The molecule has 2 fully saturated rings. The Morgan fingerprint density at radius 2 is 1.82 bits per heavy atom. The van der Waals surface area contributed by atoms with Gasteiger partial charge in [-0.15, -0.1) is 0 Å². The summed E-state index contributed by atoms with van der Waals surface area (Å²) >= 11 is 0. The van der Waals surface area contributed by atoms with Gasteiger partial charge < -0.3 is 61.3 Å². The van der Waals surface area contributed by atoms with Gasteiger partial charge in [0.25, 0.3) is 0 Å². The normalized spacial score (nSPS) is 25.7. The molecule has 2 saturated heterocycles. The number of ether oxygens (including phenoxy) is 4. The van der Waals surface area contributed by atoms with Crippen LogP contribution in [0.4, 0.5) is 16.4 Å². The van der Waals surface area contributed by atoms with E-state index in [-0.39, 0.29) is 42.2 Å². The van der Waals surface area contributed by atoms with Crippen molar-refractivity contribution in [2.45, 2.75) is 74.7 Å². The molecule has 9 atom stereocenters. The Kier molecular flexibility index (Phi) is 13.5. The number of hydrogen-bond donors (Lipinski definition) is 8. The van der Waals surface area contributed by atoms with E-state index in [1.165, 1.54) is 30.3 Å². The molecule has 55 heavy (non-hydrogen) atoms. The maximum atomic E-state index is 13.3. The van der Waals surface area contributed by atoms with Crippen molar-refractivity contribution in [2.24, 2.45) is 5.73 Å². The predicted molar refractivity (Wildman–Crippen MR) is 182 cm³/mol. The van der Waals surface area contributed by atoms with Crippen LogP contribution in [-0.4, -0.2) is 124 Å². The fourth-order valence-electron chi connectivity index (χ4n) is 5.69. The Bertz CT molecular complexity index is 1980. The number of nitrogens with one attached hydrogen (secondary N) is 1. The molecule has 0 saturated carbocycles. The van der Waals surface area contributed by atoms with Crippen LogP contribution in [0.1, 0.15) is 38.1 Å². The van der Waals surface area contributed by atoms with Crippen molar-refractivity contribution in [1.29, 1.82) is 0 Å². The van der Waals surface area contributed by atoms with E-state index in [0.717, 1.165) is 10.9 Å². The first-order valence-electron chi connectivity index (χ1n) is 16.4. The highest BCUT2D eigenvalue weighted by atomic mass is 31.2. The number of nitrogen functional groups attached to an aromatic ring is 2. The minimum absolute atomic E-state index is 0.0189. The summed E-state index contributed by atoms with van der Waals surface area (Å²) in [6.07, 6.45) is -6.52. The minimum Gasteiger partial charge on any atom is -0.455 e. The van der Waals surface area contributed by atoms with Gasteiger partial charge in [-0.1, -0.05) is 0 Å². The number of alkyl carbamates (subject to hydrolysis) is 1. The van der Waals surface area contributed by atoms with Crippen LogP contribution in [0, 0.1) is 0 Å². The van der Waals surface area contributed by atoms with Crippen molar-refractivity contribution >= 4 is 50.5 Å². The van der Waals surface area contributed by atoms with Crippen LogP contribution < -0.4 is 28.2 Å². The Labute approximate surface area is 310 Å². The van der Waals surface area contributed by atoms with Gasteiger partial charge in [0.2, 0.25) is 0 Å². The molecule has 0 aromatic carbocycles. The van der Waals surface area contributed by atoms with Gasteiger partial charge in [-0.2, -0.15) is 4.98 Å². The van der Waals surface area contributed by atoms with Crippen molar-refractivity contribution in [3.63, 3.8) is 0 Å². The van der Waals surface area contributed by atoms with Crippen molar-refractivity contribution in [2.75, 3.05) is 38.3 Å². The van der Waals surface area contributed by atoms with Crippen LogP contribution in [0.3, 0.4) is 0 Å². The number of nitrogens with two attached hydrogens (primary N) is 3. The van der Waals surface area contributed by atoms with E-state index in [9.17, 15) is 43.3 Å². The highest BCUT2D eigenvalue weighted by molar-refractivity contribution is 7.47. The Hall–Kier alpha value is -4.17. The van der Waals surface area contributed by atoms with E-state index < -0.39 is 95.6 Å². The van der Waals surface area contributed by atoms with Crippen molar-refractivity contribution in [1.82, 2.24) is 34.4 Å². The Morgan fingerprint density at radius 3 is 2.53 bits per heavy atom. The lowest BCUT2D eigenvalue weighted by atomic mass is 10.1. The summed E-state index contributed by atoms with van der Waals surface area (Å²) in [6.45, 7) is -1.43. The average Bonchev–Trinajstić information content (AvgIpc) is 3.81. The van der Waals surface area contributed by atoms with Crippen LogP contribution in [0.15, 0.2) is 29.7 Å². The third kappa shape index (κ3) is 10.8. The topological polar surface area (TPSA) is 382 Å². The number of nitrogens with zero attached hydrogens (tertiary/aromatic N) is 6. The van der Waals surface area contributed by atoms with Gasteiger partial charge >= 0.3 is 33.4 Å². The second-order valence-electron chi connectivity index (χ2n) is 12.2. The molecule has 0 spiro atoms. The third-order valence-corrected chi connectivity index (χ3v) is 9.84. The van der Waals surface area contributed by atoms with Crippen LogP contribution in [0.2, 0.25) is 0 Å². The number of rotatable bonds is 17. The number of imidazole rings is 1. The molecule has 5 rings (SSSR count). The zero-order valence-electron chi connectivity index (χ0n) is 28.9. The first-order valence-corrected chi connectivity index (χ1v) is 19.4. The lowest BCUT2D eigenvalue weighted by Crippen LogP contribution is -2.43. The first-order chi connectivity index (χ1) is 26.0. The molecule has 0 aliphatic carbocycles. The van der Waals surface area contributed by atoms with Crippen LogP contribution >= 0.6 is 15.6 Å². The van der Waals surface area contributed by atoms with Gasteiger partial charge in [-0.05, 0) is 25.3 Å². The monoisotopic (exact) mass is 822 g/mol. The van der Waals surface area contributed by atoms with E-state index >= 15 is 0 Å². The molecule has 304 valence electrons. The molecule has 28 heteroatoms. The van der Waals surface area contributed by atoms with Gasteiger partial charge in [0.15, 0.2) is 23.8 Å². The fourth-order valence-corrected chi connectivity index (χ4v) is 6.99. The molecule has 5 heterocycles. The molecule has 2 aliphatic rings. The lowest BCUT2D eigenvalue weighted by molar-refractivity contribution is -0.158. The quantitative estimate of drug-likeness (QED) is 0.0421. The van der Waals surface area contributed by atoms with Gasteiger partial charge in [0.05, 0.1) is 26.7 Å². The molecular weight excluding hydrogens is 782 g/mol.